The fourth-order valence-electron chi connectivity index (χ4n) is 1.39. The fourth-order valence-corrected chi connectivity index (χ4v) is 1.39. The number of nitrogens with zero attached hydrogens (tertiary/aromatic N) is 1. The molecule has 0 aromatic rings. The summed E-state index contributed by atoms with van der Waals surface area (Å²) in [6.45, 7) is 6.25. The molecule has 1 aliphatic rings. The average Bonchev–Trinajstić information content (AvgIpc) is 2.82. The molecule has 1 unspecified atom stereocenters. The van der Waals surface area contributed by atoms with Crippen LogP contribution in [0, 0.1) is 11.3 Å². The molecule has 0 aromatic carbocycles. The van der Waals surface area contributed by atoms with E-state index in [9.17, 15) is 0 Å². The van der Waals surface area contributed by atoms with Gasteiger partial charge in [-0.25, -0.2) is 0 Å². The maximum absolute atomic E-state index is 7.33. The van der Waals surface area contributed by atoms with E-state index in [0.717, 1.165) is 19.0 Å². The van der Waals surface area contributed by atoms with Crippen LogP contribution in [-0.4, -0.2) is 29.9 Å². The minimum atomic E-state index is 0.121. The topological polar surface area (TPSA) is 53.1 Å². The molecule has 0 saturated heterocycles. The van der Waals surface area contributed by atoms with Crippen LogP contribution >= 0.6 is 0 Å². The van der Waals surface area contributed by atoms with Crippen molar-refractivity contribution in [3.8, 4) is 0 Å². The summed E-state index contributed by atoms with van der Waals surface area (Å²) in [7, 11) is 0. The largest absolute Gasteiger partial charge is 0.386 e. The van der Waals surface area contributed by atoms with Gasteiger partial charge in [0.2, 0.25) is 0 Å². The number of likely N-dealkylation sites (N-methyl/N-ethyl adjacent to an activating group) is 1. The first-order valence-corrected chi connectivity index (χ1v) is 4.73. The molecular weight excluding hydrogens is 150 g/mol. The highest BCUT2D eigenvalue weighted by molar-refractivity contribution is 5.82. The molecule has 0 aliphatic heterocycles. The van der Waals surface area contributed by atoms with E-state index in [4.69, 9.17) is 11.1 Å². The Morgan fingerprint density at radius 2 is 2.25 bits per heavy atom. The van der Waals surface area contributed by atoms with Crippen LogP contribution in [0.15, 0.2) is 0 Å². The molecule has 1 aliphatic carbocycles. The van der Waals surface area contributed by atoms with E-state index >= 15 is 0 Å². The van der Waals surface area contributed by atoms with Gasteiger partial charge < -0.3 is 5.73 Å². The molecule has 3 heteroatoms. The highest BCUT2D eigenvalue weighted by atomic mass is 15.2. The van der Waals surface area contributed by atoms with Gasteiger partial charge in [0, 0.05) is 6.54 Å². The summed E-state index contributed by atoms with van der Waals surface area (Å²) in [5.74, 6) is 1.17. The van der Waals surface area contributed by atoms with Gasteiger partial charge >= 0.3 is 0 Å². The Labute approximate surface area is 74.4 Å². The molecule has 1 fully saturated rings. The Balaban J connectivity index is 2.36. The van der Waals surface area contributed by atoms with Crippen molar-refractivity contribution in [1.29, 1.82) is 5.41 Å². The number of nitrogens with one attached hydrogen (secondary N) is 1. The van der Waals surface area contributed by atoms with Crippen LogP contribution in [-0.2, 0) is 0 Å². The van der Waals surface area contributed by atoms with Crippen molar-refractivity contribution in [2.75, 3.05) is 13.1 Å². The Morgan fingerprint density at radius 3 is 2.58 bits per heavy atom. The van der Waals surface area contributed by atoms with Crippen molar-refractivity contribution in [1.82, 2.24) is 4.90 Å². The van der Waals surface area contributed by atoms with Gasteiger partial charge in [-0.15, -0.1) is 0 Å². The summed E-state index contributed by atoms with van der Waals surface area (Å²) in [5, 5.41) is 7.33. The van der Waals surface area contributed by atoms with Gasteiger partial charge in [-0.05, 0) is 32.2 Å². The highest BCUT2D eigenvalue weighted by Crippen LogP contribution is 2.30. The molecule has 3 nitrogen and oxygen atoms in total. The number of nitrogens with two attached hydrogens (primary N) is 1. The number of rotatable bonds is 5. The van der Waals surface area contributed by atoms with E-state index in [1.54, 1.807) is 0 Å². The van der Waals surface area contributed by atoms with Crippen molar-refractivity contribution >= 4 is 5.84 Å². The monoisotopic (exact) mass is 169 g/mol. The van der Waals surface area contributed by atoms with Gasteiger partial charge in [0.25, 0.3) is 0 Å². The molecule has 1 atom stereocenters. The maximum Gasteiger partial charge on any atom is 0.108 e. The predicted molar refractivity (Wildman–Crippen MR) is 51.3 cm³/mol. The van der Waals surface area contributed by atoms with Crippen molar-refractivity contribution < 1.29 is 0 Å². The summed E-state index contributed by atoms with van der Waals surface area (Å²) in [5.41, 5.74) is 5.45. The van der Waals surface area contributed by atoms with E-state index in [1.807, 2.05) is 6.92 Å². The van der Waals surface area contributed by atoms with E-state index in [2.05, 4.69) is 11.8 Å². The number of hydrogen-bond acceptors (Lipinski definition) is 2. The lowest BCUT2D eigenvalue weighted by molar-refractivity contribution is 0.254. The SMILES string of the molecule is CCN(CC1CC1)C(C)C(=N)N. The van der Waals surface area contributed by atoms with Crippen molar-refractivity contribution in [2.45, 2.75) is 32.7 Å². The predicted octanol–water partition coefficient (Wildman–Crippen LogP) is 1.04. The van der Waals surface area contributed by atoms with Crippen molar-refractivity contribution in [3.63, 3.8) is 0 Å². The third-order valence-electron chi connectivity index (χ3n) is 2.59. The van der Waals surface area contributed by atoms with E-state index in [1.165, 1.54) is 12.8 Å². The quantitative estimate of drug-likeness (QED) is 0.477. The minimum Gasteiger partial charge on any atom is -0.386 e. The second-order valence-corrected chi connectivity index (χ2v) is 3.66. The van der Waals surface area contributed by atoms with Crippen LogP contribution in [0.3, 0.4) is 0 Å². The first-order chi connectivity index (χ1) is 5.65. The first kappa shape index (κ1) is 9.52. The maximum atomic E-state index is 7.33. The molecule has 0 aromatic heterocycles. The van der Waals surface area contributed by atoms with Gasteiger partial charge in [0.15, 0.2) is 0 Å². The normalized spacial score (nSPS) is 19.6. The van der Waals surface area contributed by atoms with Crippen LogP contribution in [0.1, 0.15) is 26.7 Å². The van der Waals surface area contributed by atoms with Crippen molar-refractivity contribution in [3.05, 3.63) is 0 Å². The Hall–Kier alpha value is -0.570. The zero-order chi connectivity index (χ0) is 9.14. The Morgan fingerprint density at radius 1 is 1.67 bits per heavy atom. The number of amidine groups is 1. The molecule has 0 spiro atoms. The second kappa shape index (κ2) is 3.90. The molecule has 1 saturated carbocycles. The minimum absolute atomic E-state index is 0.121. The third kappa shape index (κ3) is 2.48. The van der Waals surface area contributed by atoms with Crippen LogP contribution in [0.2, 0.25) is 0 Å². The van der Waals surface area contributed by atoms with E-state index in [0.29, 0.717) is 0 Å². The zero-order valence-corrected chi connectivity index (χ0v) is 8.01. The Bertz CT molecular complexity index is 163. The number of hydrogen-bond donors (Lipinski definition) is 2. The molecule has 70 valence electrons. The lowest BCUT2D eigenvalue weighted by Gasteiger charge is -2.26. The van der Waals surface area contributed by atoms with Crippen LogP contribution in [0.5, 0.6) is 0 Å². The summed E-state index contributed by atoms with van der Waals surface area (Å²) in [4.78, 5) is 2.28. The van der Waals surface area contributed by atoms with Crippen LogP contribution in [0.4, 0.5) is 0 Å². The third-order valence-corrected chi connectivity index (χ3v) is 2.59. The van der Waals surface area contributed by atoms with E-state index in [-0.39, 0.29) is 11.9 Å². The van der Waals surface area contributed by atoms with Crippen LogP contribution < -0.4 is 5.73 Å². The zero-order valence-electron chi connectivity index (χ0n) is 8.01. The average molecular weight is 169 g/mol. The molecular formula is C9H19N3. The summed E-state index contributed by atoms with van der Waals surface area (Å²) in [6, 6.07) is 0.121. The van der Waals surface area contributed by atoms with Gasteiger partial charge in [0.1, 0.15) is 5.84 Å². The second-order valence-electron chi connectivity index (χ2n) is 3.66. The molecule has 0 bridgehead atoms. The van der Waals surface area contributed by atoms with Crippen LogP contribution in [0.25, 0.3) is 0 Å². The Kier molecular flexibility index (Phi) is 3.09. The lowest BCUT2D eigenvalue weighted by atomic mass is 10.2. The van der Waals surface area contributed by atoms with Gasteiger partial charge in [-0.3, -0.25) is 10.3 Å². The molecule has 3 N–H and O–H groups in total. The van der Waals surface area contributed by atoms with Gasteiger partial charge in [-0.2, -0.15) is 0 Å². The molecule has 0 heterocycles. The standard InChI is InChI=1S/C9H19N3/c1-3-12(6-8-4-5-8)7(2)9(10)11/h7-8H,3-6H2,1-2H3,(H3,10,11). The fraction of sp³-hybridized carbons (Fsp3) is 0.889. The lowest BCUT2D eigenvalue weighted by Crippen LogP contribution is -2.43. The highest BCUT2D eigenvalue weighted by Gasteiger charge is 2.26. The van der Waals surface area contributed by atoms with Gasteiger partial charge in [-0.1, -0.05) is 6.92 Å². The summed E-state index contributed by atoms with van der Waals surface area (Å²) >= 11 is 0. The summed E-state index contributed by atoms with van der Waals surface area (Å²) in [6.07, 6.45) is 2.72. The smallest absolute Gasteiger partial charge is 0.108 e. The molecule has 1 rings (SSSR count). The first-order valence-electron chi connectivity index (χ1n) is 4.73. The molecule has 0 radical (unpaired) electrons. The van der Waals surface area contributed by atoms with E-state index < -0.39 is 0 Å². The molecule has 0 amide bonds. The van der Waals surface area contributed by atoms with Crippen molar-refractivity contribution in [2.24, 2.45) is 11.7 Å². The summed E-state index contributed by atoms with van der Waals surface area (Å²) < 4.78 is 0. The molecule has 12 heavy (non-hydrogen) atoms. The van der Waals surface area contributed by atoms with Gasteiger partial charge in [0.05, 0.1) is 6.04 Å².